The molecule has 10 aromatic rings. The molecular formula is C101H89ClN12O20. The van der Waals surface area contributed by atoms with Crippen LogP contribution in [0.1, 0.15) is 156 Å². The van der Waals surface area contributed by atoms with Crippen LogP contribution >= 0.6 is 11.6 Å². The van der Waals surface area contributed by atoms with Crippen LogP contribution in [-0.4, -0.2) is 164 Å². The zero-order valence-corrected chi connectivity index (χ0v) is 74.0. The molecule has 6 aliphatic heterocycles. The van der Waals surface area contributed by atoms with E-state index in [4.69, 9.17) is 16.9 Å². The average molecular weight is 1830 g/mol. The maximum absolute atomic E-state index is 12.8. The number of nitrogens with zero attached hydrogens (tertiary/aromatic N) is 6. The molecule has 32 nitrogen and oxygen atoms in total. The standard InChI is InChI=1S/C26H18ClN3O5.2C25H25N3O5.C25H21N3O5/c1-14-3-2-4-20(27)22(14)23(31)29-21(26(34)35)12-15-5-8-17(9-6-15)30-24(32)18-10-7-16(13-28)11-19(18)25(30)33;3*1-14-4-3-5-15(2)21(14)22(29)27-20(25(32)33)12-16-6-8-17(9-7-16)28-23(30)18-10-11-26-13-19(18)24(28)31/h2-11,21H,12H2,1H3,(H,29,31)(H,34,35);3-9,13,18,20,26H,10-12H2,1-2H3,(H,27,29)(H,32,33);3-10,19-20,26H,11-13H2,1-2H3,(H,27,29)(H,32,33);3-11,13,20H,12H2,1-2H3,(H,27,29)(H,32,33)/t21-;18?,20-;19?,20-;20-/m0000/s1. The van der Waals surface area contributed by atoms with Gasteiger partial charge in [0.25, 0.3) is 59.1 Å². The van der Waals surface area contributed by atoms with Gasteiger partial charge in [-0.25, -0.2) is 38.8 Å². The Balaban J connectivity index is 0.000000152. The van der Waals surface area contributed by atoms with Gasteiger partial charge in [0, 0.05) is 91.7 Å². The number of benzene rings is 9. The number of rotatable bonds is 24. The molecule has 2 saturated heterocycles. The van der Waals surface area contributed by atoms with Gasteiger partial charge in [0.2, 0.25) is 11.8 Å². The molecular weight excluding hydrogens is 1740 g/mol. The fourth-order valence-corrected chi connectivity index (χ4v) is 16.9. The van der Waals surface area contributed by atoms with Crippen LogP contribution in [0.15, 0.2) is 230 Å². The number of aliphatic carboxylic acids is 4. The van der Waals surface area contributed by atoms with Gasteiger partial charge < -0.3 is 52.3 Å². The van der Waals surface area contributed by atoms with Crippen LogP contribution in [0.25, 0.3) is 0 Å². The highest BCUT2D eigenvalue weighted by molar-refractivity contribution is 6.36. The lowest BCUT2D eigenvalue weighted by Gasteiger charge is -2.18. The number of pyridine rings is 1. The number of hydrogen-bond acceptors (Lipinski definition) is 20. The topological polar surface area (TPSA) is 476 Å². The number of aryl methyl sites for hydroxylation is 7. The molecule has 12 amide bonds. The molecule has 2 unspecified atom stereocenters. The minimum absolute atomic E-state index is 0.0293. The van der Waals surface area contributed by atoms with Crippen molar-refractivity contribution in [2.75, 3.05) is 39.2 Å². The molecule has 1 aromatic heterocycles. The Kier molecular flexibility index (Phi) is 29.1. The number of amides is 12. The quantitative estimate of drug-likeness (QED) is 0.0251. The second-order valence-corrected chi connectivity index (χ2v) is 33.0. The van der Waals surface area contributed by atoms with Crippen molar-refractivity contribution in [3.8, 4) is 6.07 Å². The first kappa shape index (κ1) is 95.1. The Labute approximate surface area is 772 Å². The third-order valence-corrected chi connectivity index (χ3v) is 23.9. The zero-order valence-electron chi connectivity index (χ0n) is 73.3. The van der Waals surface area contributed by atoms with Crippen molar-refractivity contribution in [1.29, 1.82) is 5.26 Å². The summed E-state index contributed by atoms with van der Waals surface area (Å²) in [6.45, 7) is 14.2. The second-order valence-electron chi connectivity index (χ2n) is 32.6. The van der Waals surface area contributed by atoms with E-state index >= 15 is 0 Å². The average Bonchev–Trinajstić information content (AvgIpc) is 1.64. The maximum atomic E-state index is 12.8. The minimum atomic E-state index is -1.23. The third-order valence-electron chi connectivity index (χ3n) is 23.6. The van der Waals surface area contributed by atoms with Crippen LogP contribution in [0.3, 0.4) is 0 Å². The monoisotopic (exact) mass is 1820 g/mol. The zero-order chi connectivity index (χ0) is 96.4. The molecule has 680 valence electrons. The normalized spacial score (nSPS) is 15.9. The Hall–Kier alpha value is -16.5. The van der Waals surface area contributed by atoms with E-state index < -0.39 is 107 Å². The Morgan fingerprint density at radius 2 is 0.746 bits per heavy atom. The molecule has 2 fully saturated rings. The fourth-order valence-electron chi connectivity index (χ4n) is 16.6. The van der Waals surface area contributed by atoms with Gasteiger partial charge in [-0.2, -0.15) is 5.26 Å². The summed E-state index contributed by atoms with van der Waals surface area (Å²) in [6, 6.07) is 50.3. The second kappa shape index (κ2) is 41.1. The van der Waals surface area contributed by atoms with E-state index in [0.717, 1.165) is 43.2 Å². The molecule has 134 heavy (non-hydrogen) atoms. The number of carboxylic acids is 4. The number of aromatic nitrogens is 1. The van der Waals surface area contributed by atoms with Gasteiger partial charge in [-0.3, -0.25) is 62.5 Å². The maximum Gasteiger partial charge on any atom is 0.326 e. The highest BCUT2D eigenvalue weighted by Gasteiger charge is 2.47. The third kappa shape index (κ3) is 20.5. The van der Waals surface area contributed by atoms with Gasteiger partial charge in [-0.05, 0) is 195 Å². The number of nitrogens with one attached hydrogen (secondary N) is 6. The summed E-state index contributed by atoms with van der Waals surface area (Å²) in [5, 5.41) is 64.3. The number of fused-ring (bicyclic) bond motifs is 4. The Morgan fingerprint density at radius 3 is 1.10 bits per heavy atom. The number of anilines is 4. The van der Waals surface area contributed by atoms with Gasteiger partial charge >= 0.3 is 23.9 Å². The summed E-state index contributed by atoms with van der Waals surface area (Å²) in [7, 11) is 0. The molecule has 16 rings (SSSR count). The SMILES string of the molecule is Cc1cccc(C)c1C(=O)N[C@@H](Cc1ccc(N2C(=O)C3=CCNCC3C2=O)cc1)C(=O)O.Cc1cccc(C)c1C(=O)N[C@@H](Cc1ccc(N2C(=O)C3=CNCCC3C2=O)cc1)C(=O)O.Cc1cccc(C)c1C(=O)N[C@@H](Cc1ccc(N2C(=O)c3ccncc3C2=O)cc1)C(=O)O.Cc1cccc(Cl)c1C(=O)N[C@@H](Cc1ccc(N2C(=O)c3ccc(C#N)cc3C2=O)cc1)C(=O)O. The van der Waals surface area contributed by atoms with Gasteiger partial charge in [0.05, 0.1) is 79.1 Å². The molecule has 0 saturated carbocycles. The highest BCUT2D eigenvalue weighted by Crippen LogP contribution is 2.37. The van der Waals surface area contributed by atoms with Crippen LogP contribution in [0.5, 0.6) is 0 Å². The number of carbonyl (C=O) groups is 16. The Bertz CT molecular complexity index is 6320. The number of hydrogen-bond donors (Lipinski definition) is 10. The first-order valence-corrected chi connectivity index (χ1v) is 42.7. The van der Waals surface area contributed by atoms with Gasteiger partial charge in [0.15, 0.2) is 0 Å². The number of halogens is 1. The van der Waals surface area contributed by atoms with Crippen molar-refractivity contribution in [2.45, 2.75) is 105 Å². The first-order chi connectivity index (χ1) is 64.0. The largest absolute Gasteiger partial charge is 0.480 e. The van der Waals surface area contributed by atoms with Crippen LogP contribution in [0.4, 0.5) is 22.7 Å². The van der Waals surface area contributed by atoms with Crippen LogP contribution in [-0.2, 0) is 64.0 Å². The van der Waals surface area contributed by atoms with Gasteiger partial charge in [-0.1, -0.05) is 133 Å². The van der Waals surface area contributed by atoms with E-state index in [9.17, 15) is 97.1 Å². The lowest BCUT2D eigenvalue weighted by molar-refractivity contribution is -0.140. The summed E-state index contributed by atoms with van der Waals surface area (Å²) in [5.41, 5.74) is 13.1. The van der Waals surface area contributed by atoms with Crippen LogP contribution < -0.4 is 51.5 Å². The summed E-state index contributed by atoms with van der Waals surface area (Å²) in [6.07, 6.45) is 6.88. The number of nitriles is 1. The predicted octanol–water partition coefficient (Wildman–Crippen LogP) is 10.5. The molecule has 0 radical (unpaired) electrons. The molecule has 33 heteroatoms. The van der Waals surface area contributed by atoms with E-state index in [0.29, 0.717) is 110 Å². The van der Waals surface area contributed by atoms with E-state index in [2.05, 4.69) is 36.9 Å². The molecule has 10 N–H and O–H groups in total. The number of carboxylic acid groups (broad SMARTS) is 4. The van der Waals surface area contributed by atoms with E-state index in [1.807, 2.05) is 24.3 Å². The molecule has 0 bridgehead atoms. The highest BCUT2D eigenvalue weighted by atomic mass is 35.5. The first-order valence-electron chi connectivity index (χ1n) is 42.3. The van der Waals surface area contributed by atoms with Gasteiger partial charge in [0.1, 0.15) is 24.2 Å². The van der Waals surface area contributed by atoms with E-state index in [1.165, 1.54) is 58.6 Å². The fraction of sp³-hybridized carbons (Fsp3) is 0.208. The number of carbonyl (C=O) groups excluding carboxylic acids is 12. The molecule has 0 aliphatic carbocycles. The minimum Gasteiger partial charge on any atom is -0.480 e. The van der Waals surface area contributed by atoms with Crippen LogP contribution in [0, 0.1) is 71.6 Å². The Morgan fingerprint density at radius 1 is 0.410 bits per heavy atom. The molecule has 6 aliphatic rings. The van der Waals surface area contributed by atoms with Crippen molar-refractivity contribution in [3.05, 3.63) is 346 Å². The smallest absolute Gasteiger partial charge is 0.326 e. The van der Waals surface area contributed by atoms with Crippen molar-refractivity contribution in [1.82, 2.24) is 36.9 Å². The molecule has 7 heterocycles. The van der Waals surface area contributed by atoms with Crippen molar-refractivity contribution in [2.24, 2.45) is 11.8 Å². The van der Waals surface area contributed by atoms with Crippen LogP contribution in [0.2, 0.25) is 5.02 Å². The van der Waals surface area contributed by atoms with E-state index in [1.54, 1.807) is 200 Å². The van der Waals surface area contributed by atoms with Crippen molar-refractivity contribution >= 4 is 129 Å². The van der Waals surface area contributed by atoms with E-state index in [-0.39, 0.29) is 82.2 Å². The summed E-state index contributed by atoms with van der Waals surface area (Å²) >= 11 is 6.12. The van der Waals surface area contributed by atoms with Crippen molar-refractivity contribution < 1.29 is 97.1 Å². The summed E-state index contributed by atoms with van der Waals surface area (Å²) in [5.74, 6) is -10.6. The number of imide groups is 4. The summed E-state index contributed by atoms with van der Waals surface area (Å²) in [4.78, 5) is 208. The lowest BCUT2D eigenvalue weighted by atomic mass is 9.97. The molecule has 0 spiro atoms. The molecule has 6 atom stereocenters. The van der Waals surface area contributed by atoms with Gasteiger partial charge in [-0.15, -0.1) is 0 Å². The summed E-state index contributed by atoms with van der Waals surface area (Å²) < 4.78 is 0. The predicted molar refractivity (Wildman–Crippen MR) is 491 cm³/mol. The molecule has 9 aromatic carbocycles. The lowest BCUT2D eigenvalue weighted by Crippen LogP contribution is -2.42. The van der Waals surface area contributed by atoms with Crippen molar-refractivity contribution in [3.63, 3.8) is 0 Å².